The van der Waals surface area contributed by atoms with Crippen LogP contribution in [-0.4, -0.2) is 17.5 Å². The third-order valence-electron chi connectivity index (χ3n) is 4.12. The van der Waals surface area contributed by atoms with Gasteiger partial charge < -0.3 is 11.0 Å². The molecule has 0 aromatic heterocycles. The third-order valence-corrected chi connectivity index (χ3v) is 4.12. The molecule has 0 aliphatic heterocycles. The smallest absolute Gasteiger partial charge is 0.345 e. The molecule has 0 saturated heterocycles. The molecular weight excluding hydrogens is 1060 g/mol. The molecule has 0 radical (unpaired) electrons. The van der Waals surface area contributed by atoms with Crippen LogP contribution >= 0.6 is 0 Å². The molecule has 2 rings (SSSR count). The maximum atomic E-state index is 13.1. The Morgan fingerprint density at radius 1 is 1.05 bits per heavy atom. The molecular formula is C11H12F6ORf3-2. The summed E-state index contributed by atoms with van der Waals surface area (Å²) in [7, 11) is 0. The van der Waals surface area contributed by atoms with Crippen LogP contribution in [0.2, 0.25) is 0 Å². The second-order valence-electron chi connectivity index (χ2n) is 5.52. The van der Waals surface area contributed by atoms with Crippen LogP contribution in [0.1, 0.15) is 32.6 Å². The molecule has 2 unspecified atom stereocenters. The minimum absolute atomic E-state index is 0. The Balaban J connectivity index is 0. The second-order valence-corrected chi connectivity index (χ2v) is 5.52. The number of rotatable bonds is 1. The Bertz CT molecular complexity index is 361. The average Bonchev–Trinajstić information content (AvgIpc) is 2.67. The van der Waals surface area contributed by atoms with Gasteiger partial charge in [0.1, 0.15) is 0 Å². The van der Waals surface area contributed by atoms with Gasteiger partial charge in [0.05, 0.1) is 0 Å². The molecule has 10 heteroatoms. The first-order valence-corrected chi connectivity index (χ1v) is 5.48. The van der Waals surface area contributed by atoms with Crippen molar-refractivity contribution >= 4 is 0 Å². The van der Waals surface area contributed by atoms with Crippen LogP contribution in [0.5, 0.6) is 0 Å². The standard InChI is InChI=1S/C11H12F6O.3Rf/c1-8-3-2-6(4-8)9(5-8,11(15,16)17)7(18)10(12,13)14;;;/h18H,2-5H2,1H3;;;/q-2;;;. The Morgan fingerprint density at radius 3 is 1.76 bits per heavy atom. The first-order chi connectivity index (χ1) is 7.92. The number of alkyl halides is 6. The van der Waals surface area contributed by atoms with E-state index in [0.29, 0.717) is 6.42 Å². The fourth-order valence-electron chi connectivity index (χ4n) is 3.35. The number of fused-ring (bicyclic) bond motifs is 2. The summed E-state index contributed by atoms with van der Waals surface area (Å²) < 4.78 is 76.9. The zero-order valence-electron chi connectivity index (χ0n) is 11.7. The van der Waals surface area contributed by atoms with Gasteiger partial charge in [-0.1, -0.05) is 25.2 Å². The maximum Gasteiger partial charge on any atom is 0.345 e. The monoisotopic (exact) mass is 1080 g/mol. The molecule has 2 saturated carbocycles. The van der Waals surface area contributed by atoms with Crippen LogP contribution in [0.15, 0.2) is 0 Å². The van der Waals surface area contributed by atoms with Gasteiger partial charge in [-0.2, -0.15) is 31.4 Å². The van der Waals surface area contributed by atoms with Crippen molar-refractivity contribution in [3.63, 3.8) is 0 Å². The van der Waals surface area contributed by atoms with Gasteiger partial charge >= 0.3 is 6.18 Å². The van der Waals surface area contributed by atoms with E-state index in [1.807, 2.05) is 0 Å². The third kappa shape index (κ3) is 2.13. The summed E-state index contributed by atoms with van der Waals surface area (Å²) in [4.78, 5) is 0. The van der Waals surface area contributed by atoms with E-state index < -0.39 is 35.7 Å². The van der Waals surface area contributed by atoms with E-state index in [9.17, 15) is 26.3 Å². The van der Waals surface area contributed by atoms with Gasteiger partial charge in [-0.25, -0.2) is 13.2 Å². The van der Waals surface area contributed by atoms with E-state index in [1.165, 1.54) is 6.92 Å². The van der Waals surface area contributed by atoms with Crippen LogP contribution < -0.4 is 0 Å². The van der Waals surface area contributed by atoms with Gasteiger partial charge in [0.15, 0.2) is 0 Å². The molecule has 0 aromatic rings. The summed E-state index contributed by atoms with van der Waals surface area (Å²) in [5, 5.41) is 9.16. The summed E-state index contributed by atoms with van der Waals surface area (Å²) in [6, 6.07) is 0. The summed E-state index contributed by atoms with van der Waals surface area (Å²) in [5.41, 5.74) is -3.97. The predicted octanol–water partition coefficient (Wildman–Crippen LogP) is 4.17. The van der Waals surface area contributed by atoms with Gasteiger partial charge in [-0.3, -0.25) is 0 Å². The van der Waals surface area contributed by atoms with E-state index in [2.05, 4.69) is 0 Å². The fraction of sp³-hybridized carbons (Fsp3) is 0.818. The molecule has 1 nitrogen and oxygen atoms in total. The van der Waals surface area contributed by atoms with Crippen LogP contribution in [0.25, 0.3) is 0 Å². The van der Waals surface area contributed by atoms with Crippen molar-refractivity contribution in [1.82, 2.24) is 0 Å². The van der Waals surface area contributed by atoms with Crippen molar-refractivity contribution in [3.05, 3.63) is 12.0 Å². The van der Waals surface area contributed by atoms with Crippen molar-refractivity contribution in [2.75, 3.05) is 0 Å². The molecule has 1 N–H and O–H groups in total. The largest absolute Gasteiger partial charge is 0.556 e. The topological polar surface area (TPSA) is 20.2 Å². The normalized spacial score (nSPS) is 32.4. The summed E-state index contributed by atoms with van der Waals surface area (Å²) in [6.45, 7) is 1.54. The Hall–Kier alpha value is -3.46. The van der Waals surface area contributed by atoms with Crippen LogP contribution in [-0.2, 0) is 0 Å². The van der Waals surface area contributed by atoms with Gasteiger partial charge in [-0.15, -0.1) is 6.10 Å². The summed E-state index contributed by atoms with van der Waals surface area (Å²) in [6.07, 6.45) is -13.1. The van der Waals surface area contributed by atoms with E-state index in [1.54, 1.807) is 0 Å². The minimum atomic E-state index is -5.34. The SMILES string of the molecule is CC12CC[C-](C1)C([C-](O)C(F)(F)F)(C(F)(F)F)C2.[Rf].[Rf].[Rf]. The van der Waals surface area contributed by atoms with Crippen LogP contribution in [0.3, 0.4) is 0 Å². The number of hydrogen-bond acceptors (Lipinski definition) is 1. The number of aliphatic hydroxyl groups excluding tert-OH is 1. The first-order valence-electron chi connectivity index (χ1n) is 5.48. The zero-order chi connectivity index (χ0) is 14.0. The zero-order valence-corrected chi connectivity index (χ0v) is 30.9. The van der Waals surface area contributed by atoms with Crippen molar-refractivity contribution in [1.29, 1.82) is 0 Å². The number of hydrogen-bond donors (Lipinski definition) is 1. The van der Waals surface area contributed by atoms with Gasteiger partial charge in [-0.05, 0) is 0 Å². The van der Waals surface area contributed by atoms with E-state index >= 15 is 0 Å². The Morgan fingerprint density at radius 2 is 1.52 bits per heavy atom. The number of aliphatic hydroxyl groups is 1. The molecule has 112 valence electrons. The fourth-order valence-corrected chi connectivity index (χ4v) is 3.35. The first kappa shape index (κ1) is 19.9. The van der Waals surface area contributed by atoms with Gasteiger partial charge in [0, 0.05) is 0 Å². The van der Waals surface area contributed by atoms with E-state index in [-0.39, 0.29) is 18.8 Å². The number of halogens is 6. The summed E-state index contributed by atoms with van der Waals surface area (Å²) in [5.74, 6) is -0.229. The molecule has 2 aliphatic carbocycles. The van der Waals surface area contributed by atoms with Crippen LogP contribution in [0.4, 0.5) is 26.3 Å². The molecule has 0 spiro atoms. The molecule has 2 bridgehead atoms. The van der Waals surface area contributed by atoms with Crippen molar-refractivity contribution in [2.24, 2.45) is 10.8 Å². The molecule has 0 amide bonds. The molecule has 2 fully saturated rings. The molecule has 2 aliphatic rings. The second kappa shape index (κ2) is 4.28. The Kier molecular flexibility index (Phi) is 4.05. The Labute approximate surface area is 100 Å². The van der Waals surface area contributed by atoms with Gasteiger partial charge in [0.2, 0.25) is 0 Å². The molecule has 0 aromatic carbocycles. The molecule has 21 heavy (non-hydrogen) atoms. The molecule has 0 heterocycles. The minimum Gasteiger partial charge on any atom is -0.556 e. The average molecular weight is 1080 g/mol. The van der Waals surface area contributed by atoms with E-state index in [4.69, 9.17) is 5.11 Å². The van der Waals surface area contributed by atoms with E-state index in [0.717, 1.165) is 0 Å². The van der Waals surface area contributed by atoms with Crippen molar-refractivity contribution in [2.45, 2.75) is 45.0 Å². The molecule has 2 atom stereocenters. The quantitative estimate of drug-likeness (QED) is 0.310. The maximum absolute atomic E-state index is 13.1. The van der Waals surface area contributed by atoms with Crippen molar-refractivity contribution in [3.8, 4) is 0 Å². The predicted molar refractivity (Wildman–Crippen MR) is 49.5 cm³/mol. The van der Waals surface area contributed by atoms with Crippen molar-refractivity contribution < 1.29 is 31.4 Å². The van der Waals surface area contributed by atoms with Gasteiger partial charge in [0.25, 0.3) is 6.18 Å². The summed E-state index contributed by atoms with van der Waals surface area (Å²) >= 11 is 0. The van der Waals surface area contributed by atoms with Crippen LogP contribution in [0, 0.1) is 22.9 Å².